The van der Waals surface area contributed by atoms with Crippen molar-refractivity contribution in [1.29, 1.82) is 0 Å². The van der Waals surface area contributed by atoms with Crippen molar-refractivity contribution in [2.75, 3.05) is 5.43 Å². The Morgan fingerprint density at radius 1 is 1.19 bits per heavy atom. The van der Waals surface area contributed by atoms with Crippen molar-refractivity contribution in [3.05, 3.63) is 70.1 Å². The third-order valence-electron chi connectivity index (χ3n) is 4.36. The van der Waals surface area contributed by atoms with E-state index in [9.17, 15) is 9.59 Å². The van der Waals surface area contributed by atoms with Gasteiger partial charge in [0.05, 0.1) is 16.3 Å². The summed E-state index contributed by atoms with van der Waals surface area (Å²) in [5.41, 5.74) is 12.0. The fraction of sp³-hybridized carbons (Fsp3) is 0.111. The number of nitrogens with two attached hydrogens (primary N) is 1. The van der Waals surface area contributed by atoms with Crippen LogP contribution in [0.4, 0.5) is 0 Å². The van der Waals surface area contributed by atoms with Gasteiger partial charge in [-0.25, -0.2) is 5.43 Å². The number of aromatic nitrogens is 3. The number of amides is 2. The third-order valence-corrected chi connectivity index (χ3v) is 4.66. The molecule has 7 nitrogen and oxygen atoms in total. The van der Waals surface area contributed by atoms with Gasteiger partial charge in [-0.15, -0.1) is 5.10 Å². The van der Waals surface area contributed by atoms with Gasteiger partial charge in [0.1, 0.15) is 0 Å². The lowest BCUT2D eigenvalue weighted by atomic mass is 9.89. The van der Waals surface area contributed by atoms with Crippen LogP contribution in [0.15, 0.2) is 42.7 Å². The lowest BCUT2D eigenvalue weighted by Gasteiger charge is -2.18. The summed E-state index contributed by atoms with van der Waals surface area (Å²) >= 11 is 6.04. The van der Waals surface area contributed by atoms with Crippen LogP contribution in [-0.4, -0.2) is 26.7 Å². The van der Waals surface area contributed by atoms with E-state index in [4.69, 9.17) is 17.3 Å². The predicted molar refractivity (Wildman–Crippen MR) is 96.5 cm³/mol. The first-order valence-corrected chi connectivity index (χ1v) is 8.35. The largest absolute Gasteiger partial charge is 0.364 e. The molecule has 0 atom stereocenters. The lowest BCUT2D eigenvalue weighted by Crippen LogP contribution is -2.26. The summed E-state index contributed by atoms with van der Waals surface area (Å²) in [6.07, 6.45) is 4.26. The Hall–Kier alpha value is -3.19. The molecule has 0 saturated heterocycles. The fourth-order valence-electron chi connectivity index (χ4n) is 3.19. The molecule has 1 aliphatic rings. The fourth-order valence-corrected chi connectivity index (χ4v) is 3.39. The third kappa shape index (κ3) is 2.62. The van der Waals surface area contributed by atoms with Crippen LogP contribution in [-0.2, 0) is 12.8 Å². The number of pyridine rings is 1. The summed E-state index contributed by atoms with van der Waals surface area (Å²) in [5, 5.41) is 4.46. The quantitative estimate of drug-likeness (QED) is 0.740. The Bertz CT molecular complexity index is 1040. The Morgan fingerprint density at radius 2 is 2.00 bits per heavy atom. The van der Waals surface area contributed by atoms with Crippen LogP contribution in [0.3, 0.4) is 0 Å². The number of nitrogens with zero attached hydrogens (tertiary/aromatic N) is 3. The molecule has 2 aromatic heterocycles. The summed E-state index contributed by atoms with van der Waals surface area (Å²) in [5.74, 6) is -1.09. The van der Waals surface area contributed by atoms with Crippen LogP contribution in [0, 0.1) is 0 Å². The number of aryl methyl sites for hydroxylation is 1. The molecule has 4 rings (SSSR count). The second-order valence-electron chi connectivity index (χ2n) is 5.91. The van der Waals surface area contributed by atoms with Crippen molar-refractivity contribution in [1.82, 2.24) is 14.9 Å². The maximum absolute atomic E-state index is 12.6. The molecular formula is C18H14ClN5O2. The first-order valence-electron chi connectivity index (χ1n) is 7.97. The average Bonchev–Trinajstić information content (AvgIpc) is 3.01. The maximum atomic E-state index is 12.6. The van der Waals surface area contributed by atoms with E-state index in [1.807, 2.05) is 24.3 Å². The van der Waals surface area contributed by atoms with Gasteiger partial charge in [0.25, 0.3) is 11.8 Å². The molecule has 3 aromatic rings. The van der Waals surface area contributed by atoms with Crippen LogP contribution in [0.2, 0.25) is 5.02 Å². The molecule has 0 aliphatic heterocycles. The SMILES string of the molecule is NC(=O)c1nn(NC(=O)c2ccncc2Cl)c2c1CCc1ccccc1-2. The number of carbonyl (C=O) groups is 2. The first kappa shape index (κ1) is 16.3. The molecule has 0 bridgehead atoms. The minimum atomic E-state index is -0.629. The number of hydrogen-bond donors (Lipinski definition) is 2. The molecule has 130 valence electrons. The maximum Gasteiger partial charge on any atom is 0.273 e. The summed E-state index contributed by atoms with van der Waals surface area (Å²) in [6, 6.07) is 9.31. The molecule has 0 radical (unpaired) electrons. The van der Waals surface area contributed by atoms with Crippen LogP contribution >= 0.6 is 11.6 Å². The van der Waals surface area contributed by atoms with E-state index in [1.54, 1.807) is 0 Å². The van der Waals surface area contributed by atoms with Crippen molar-refractivity contribution >= 4 is 23.4 Å². The van der Waals surface area contributed by atoms with Gasteiger partial charge in [0, 0.05) is 23.5 Å². The van der Waals surface area contributed by atoms with Gasteiger partial charge in [-0.3, -0.25) is 14.6 Å². The molecule has 1 aliphatic carbocycles. The van der Waals surface area contributed by atoms with Crippen LogP contribution in [0.5, 0.6) is 0 Å². The van der Waals surface area contributed by atoms with E-state index in [-0.39, 0.29) is 16.3 Å². The monoisotopic (exact) mass is 367 g/mol. The van der Waals surface area contributed by atoms with Crippen molar-refractivity contribution in [3.63, 3.8) is 0 Å². The molecule has 0 spiro atoms. The second kappa shape index (κ2) is 6.27. The number of hydrogen-bond acceptors (Lipinski definition) is 4. The molecule has 2 amide bonds. The second-order valence-corrected chi connectivity index (χ2v) is 6.31. The van der Waals surface area contributed by atoms with E-state index in [1.165, 1.54) is 23.3 Å². The number of carbonyl (C=O) groups excluding carboxylic acids is 2. The van der Waals surface area contributed by atoms with Gasteiger partial charge in [0.2, 0.25) is 0 Å². The molecule has 0 unspecified atom stereocenters. The number of nitrogens with one attached hydrogen (secondary N) is 1. The number of halogens is 1. The van der Waals surface area contributed by atoms with Gasteiger partial charge in [-0.05, 0) is 24.5 Å². The highest BCUT2D eigenvalue weighted by atomic mass is 35.5. The lowest BCUT2D eigenvalue weighted by molar-refractivity contribution is 0.0983. The summed E-state index contributed by atoms with van der Waals surface area (Å²) in [6.45, 7) is 0. The number of rotatable bonds is 3. The van der Waals surface area contributed by atoms with E-state index < -0.39 is 11.8 Å². The number of benzene rings is 1. The highest BCUT2D eigenvalue weighted by molar-refractivity contribution is 6.34. The van der Waals surface area contributed by atoms with Gasteiger partial charge in [-0.2, -0.15) is 4.79 Å². The van der Waals surface area contributed by atoms with Crippen molar-refractivity contribution in [3.8, 4) is 11.3 Å². The van der Waals surface area contributed by atoms with E-state index in [2.05, 4.69) is 15.5 Å². The van der Waals surface area contributed by atoms with E-state index in [0.717, 1.165) is 23.1 Å². The van der Waals surface area contributed by atoms with Gasteiger partial charge in [0.15, 0.2) is 5.69 Å². The molecule has 0 fully saturated rings. The minimum absolute atomic E-state index is 0.163. The molecule has 1 aromatic carbocycles. The van der Waals surface area contributed by atoms with Crippen molar-refractivity contribution < 1.29 is 9.59 Å². The Kier molecular flexibility index (Phi) is 3.93. The average molecular weight is 368 g/mol. The molecule has 26 heavy (non-hydrogen) atoms. The zero-order valence-corrected chi connectivity index (χ0v) is 14.3. The Balaban J connectivity index is 1.82. The molecule has 3 N–H and O–H groups in total. The van der Waals surface area contributed by atoms with Crippen LogP contribution < -0.4 is 11.2 Å². The van der Waals surface area contributed by atoms with Gasteiger partial charge >= 0.3 is 0 Å². The minimum Gasteiger partial charge on any atom is -0.364 e. The topological polar surface area (TPSA) is 103 Å². The van der Waals surface area contributed by atoms with Crippen LogP contribution in [0.1, 0.15) is 32.0 Å². The molecule has 2 heterocycles. The van der Waals surface area contributed by atoms with Crippen molar-refractivity contribution in [2.24, 2.45) is 5.73 Å². The standard InChI is InChI=1S/C18H14ClN5O2/c19-14-9-21-8-7-12(14)18(26)23-24-16-11-4-2-1-3-10(11)5-6-13(16)15(22-24)17(20)25/h1-4,7-9H,5-6H2,(H2,20,25)(H,23,26). The zero-order chi connectivity index (χ0) is 18.3. The first-order chi connectivity index (χ1) is 12.6. The predicted octanol–water partition coefficient (Wildman–Crippen LogP) is 2.18. The highest BCUT2D eigenvalue weighted by Gasteiger charge is 2.28. The Labute approximate surface area is 153 Å². The number of fused-ring (bicyclic) bond motifs is 3. The Morgan fingerprint density at radius 3 is 2.77 bits per heavy atom. The highest BCUT2D eigenvalue weighted by Crippen LogP contribution is 2.34. The smallest absolute Gasteiger partial charge is 0.273 e. The van der Waals surface area contributed by atoms with E-state index in [0.29, 0.717) is 12.1 Å². The molecule has 0 saturated carbocycles. The summed E-state index contributed by atoms with van der Waals surface area (Å²) in [7, 11) is 0. The van der Waals surface area contributed by atoms with Crippen molar-refractivity contribution in [2.45, 2.75) is 12.8 Å². The van der Waals surface area contributed by atoms with E-state index >= 15 is 0 Å². The summed E-state index contributed by atoms with van der Waals surface area (Å²) < 4.78 is 0. The zero-order valence-electron chi connectivity index (χ0n) is 13.6. The number of primary amides is 1. The summed E-state index contributed by atoms with van der Waals surface area (Å²) in [4.78, 5) is 29.6. The molecule has 8 heteroatoms. The normalized spacial score (nSPS) is 12.2. The van der Waals surface area contributed by atoms with Crippen LogP contribution in [0.25, 0.3) is 11.3 Å². The van der Waals surface area contributed by atoms with Gasteiger partial charge < -0.3 is 5.73 Å². The molecular weight excluding hydrogens is 354 g/mol. The van der Waals surface area contributed by atoms with Gasteiger partial charge in [-0.1, -0.05) is 35.9 Å².